The van der Waals surface area contributed by atoms with Crippen molar-refractivity contribution in [2.75, 3.05) is 27.3 Å². The van der Waals surface area contributed by atoms with Gasteiger partial charge in [-0.05, 0) is 50.2 Å². The second-order valence-corrected chi connectivity index (χ2v) is 11.1. The SMILES string of the molecule is CNC(=O)c1c(-c2ccc(C)cc2)oc2nc(CN(CCCC[C@H](COC)C(=O)O)[SH](=O)=O)c(C3CC3)cc12. The van der Waals surface area contributed by atoms with E-state index in [2.05, 4.69) is 5.32 Å². The number of carbonyl (C=O) groups excluding carboxylic acids is 1. The summed E-state index contributed by atoms with van der Waals surface area (Å²) >= 11 is 0. The fourth-order valence-corrected chi connectivity index (χ4v) is 5.32. The zero-order chi connectivity index (χ0) is 28.1. The molecule has 0 unspecified atom stereocenters. The number of thiol groups is 1. The average molecular weight is 558 g/mol. The number of nitrogens with zero attached hydrogens (tertiary/aromatic N) is 2. The number of aromatic nitrogens is 1. The summed E-state index contributed by atoms with van der Waals surface area (Å²) < 4.78 is 36.8. The van der Waals surface area contributed by atoms with Gasteiger partial charge in [0, 0.05) is 26.3 Å². The Morgan fingerprint density at radius 3 is 2.54 bits per heavy atom. The third-order valence-electron chi connectivity index (χ3n) is 7.08. The number of hydrogen-bond donors (Lipinski definition) is 3. The number of carboxylic acids is 1. The summed E-state index contributed by atoms with van der Waals surface area (Å²) in [6, 6.07) is 9.61. The van der Waals surface area contributed by atoms with Crippen molar-refractivity contribution in [3.8, 4) is 11.3 Å². The lowest BCUT2D eigenvalue weighted by atomic mass is 10.0. The first kappa shape index (κ1) is 28.7. The second kappa shape index (κ2) is 12.7. The van der Waals surface area contributed by atoms with Gasteiger partial charge in [-0.1, -0.05) is 36.2 Å². The molecule has 1 amide bonds. The van der Waals surface area contributed by atoms with E-state index in [0.29, 0.717) is 41.7 Å². The maximum atomic E-state index is 12.9. The lowest BCUT2D eigenvalue weighted by molar-refractivity contribution is -0.143. The molecule has 0 spiro atoms. The van der Waals surface area contributed by atoms with Crippen LogP contribution in [0.15, 0.2) is 34.7 Å². The number of rotatable bonds is 14. The third kappa shape index (κ3) is 6.84. The molecule has 2 N–H and O–H groups in total. The number of aryl methyl sites for hydroxylation is 1. The van der Waals surface area contributed by atoms with Gasteiger partial charge in [0.15, 0.2) is 0 Å². The van der Waals surface area contributed by atoms with E-state index in [9.17, 15) is 23.1 Å². The highest BCUT2D eigenvalue weighted by atomic mass is 32.2. The van der Waals surface area contributed by atoms with E-state index < -0.39 is 22.8 Å². The highest BCUT2D eigenvalue weighted by Gasteiger charge is 2.31. The van der Waals surface area contributed by atoms with Crippen molar-refractivity contribution < 1.29 is 32.3 Å². The molecule has 4 rings (SSSR count). The number of carbonyl (C=O) groups is 2. The van der Waals surface area contributed by atoms with Crippen LogP contribution in [0.1, 0.15) is 65.2 Å². The highest BCUT2D eigenvalue weighted by Crippen LogP contribution is 2.44. The van der Waals surface area contributed by atoms with Crippen LogP contribution in [0, 0.1) is 12.8 Å². The van der Waals surface area contributed by atoms with Gasteiger partial charge in [-0.3, -0.25) is 9.59 Å². The summed E-state index contributed by atoms with van der Waals surface area (Å²) in [6.07, 6.45) is 3.41. The minimum Gasteiger partial charge on any atom is -0.481 e. The van der Waals surface area contributed by atoms with Crippen LogP contribution in [0.5, 0.6) is 0 Å². The van der Waals surface area contributed by atoms with Gasteiger partial charge in [0.05, 0.1) is 35.7 Å². The first-order chi connectivity index (χ1) is 18.7. The molecule has 1 aromatic carbocycles. The van der Waals surface area contributed by atoms with E-state index in [4.69, 9.17) is 14.1 Å². The van der Waals surface area contributed by atoms with Gasteiger partial charge in [-0.2, -0.15) is 4.31 Å². The smallest absolute Gasteiger partial charge is 0.308 e. The average Bonchev–Trinajstić information content (AvgIpc) is 3.69. The Kier molecular flexibility index (Phi) is 9.36. The molecular formula is C28H35N3O7S. The van der Waals surface area contributed by atoms with E-state index in [1.807, 2.05) is 37.3 Å². The Labute approximate surface area is 229 Å². The minimum absolute atomic E-state index is 0.0801. The molecule has 1 atom stereocenters. The molecule has 1 saturated carbocycles. The Hall–Kier alpha value is -3.28. The third-order valence-corrected chi connectivity index (χ3v) is 7.88. The number of fused-ring (bicyclic) bond motifs is 1. The highest BCUT2D eigenvalue weighted by molar-refractivity contribution is 7.69. The molecule has 0 aliphatic heterocycles. The van der Waals surface area contributed by atoms with Crippen molar-refractivity contribution in [1.29, 1.82) is 0 Å². The predicted molar refractivity (Wildman–Crippen MR) is 147 cm³/mol. The number of benzene rings is 1. The van der Waals surface area contributed by atoms with E-state index in [1.165, 1.54) is 11.4 Å². The van der Waals surface area contributed by atoms with Crippen molar-refractivity contribution in [2.45, 2.75) is 51.5 Å². The van der Waals surface area contributed by atoms with Crippen LogP contribution in [0.4, 0.5) is 0 Å². The van der Waals surface area contributed by atoms with Gasteiger partial charge < -0.3 is 19.6 Å². The van der Waals surface area contributed by atoms with Crippen molar-refractivity contribution in [2.24, 2.45) is 5.92 Å². The van der Waals surface area contributed by atoms with E-state index in [1.54, 1.807) is 7.05 Å². The van der Waals surface area contributed by atoms with Crippen LogP contribution in [0.25, 0.3) is 22.4 Å². The van der Waals surface area contributed by atoms with Crippen molar-refractivity contribution in [1.82, 2.24) is 14.6 Å². The monoisotopic (exact) mass is 557 g/mol. The molecule has 2 heterocycles. The number of furan rings is 1. The molecule has 0 saturated heterocycles. The Balaban J connectivity index is 1.63. The molecule has 1 aliphatic rings. The number of pyridine rings is 1. The molecule has 3 aromatic rings. The standard InChI is InChI=1S/C28H35N3O7S/c1-17-7-9-19(10-8-17)25-24(26(32)29-2)22-14-21(18-11-12-18)23(30-27(22)38-25)15-31(39(35)36)13-5-4-6-20(16-37-3)28(33)34/h7-10,14,18,20,39H,4-6,11-13,15-16H2,1-3H3,(H,29,32)(H,33,34)/t20-/m1/s1. The maximum Gasteiger partial charge on any atom is 0.308 e. The van der Waals surface area contributed by atoms with E-state index in [0.717, 1.165) is 29.5 Å². The van der Waals surface area contributed by atoms with Crippen molar-refractivity contribution >= 4 is 33.9 Å². The maximum absolute atomic E-state index is 12.9. The van der Waals surface area contributed by atoms with Gasteiger partial charge in [-0.25, -0.2) is 13.4 Å². The summed E-state index contributed by atoms with van der Waals surface area (Å²) in [7, 11) is 0.141. The molecule has 1 aliphatic carbocycles. The summed E-state index contributed by atoms with van der Waals surface area (Å²) in [6.45, 7) is 2.43. The van der Waals surface area contributed by atoms with Gasteiger partial charge in [-0.15, -0.1) is 0 Å². The molecule has 2 aromatic heterocycles. The van der Waals surface area contributed by atoms with Crippen LogP contribution >= 0.6 is 0 Å². The summed E-state index contributed by atoms with van der Waals surface area (Å²) in [5.41, 5.74) is 4.07. The van der Waals surface area contributed by atoms with Crippen molar-refractivity contribution in [3.05, 3.63) is 52.7 Å². The summed E-state index contributed by atoms with van der Waals surface area (Å²) in [5, 5.41) is 12.6. The molecule has 11 heteroatoms. The van der Waals surface area contributed by atoms with Crippen LogP contribution < -0.4 is 5.32 Å². The molecule has 0 bridgehead atoms. The number of aliphatic carboxylic acids is 1. The zero-order valence-electron chi connectivity index (χ0n) is 22.4. The van der Waals surface area contributed by atoms with Crippen LogP contribution in [0.2, 0.25) is 0 Å². The largest absolute Gasteiger partial charge is 0.481 e. The number of unbranched alkanes of at least 4 members (excludes halogenated alkanes) is 1. The van der Waals surface area contributed by atoms with Crippen molar-refractivity contribution in [3.63, 3.8) is 0 Å². The number of nitrogens with one attached hydrogen (secondary N) is 1. The number of hydrogen-bond acceptors (Lipinski definition) is 7. The number of ether oxygens (including phenoxy) is 1. The van der Waals surface area contributed by atoms with Gasteiger partial charge in [0.1, 0.15) is 5.76 Å². The van der Waals surface area contributed by atoms with Crippen LogP contribution in [0.3, 0.4) is 0 Å². The van der Waals surface area contributed by atoms with E-state index in [-0.39, 0.29) is 37.2 Å². The first-order valence-corrected chi connectivity index (χ1v) is 14.2. The molecule has 1 fully saturated rings. The van der Waals surface area contributed by atoms with Gasteiger partial charge in [0.25, 0.3) is 5.91 Å². The molecular weight excluding hydrogens is 522 g/mol. The quantitative estimate of drug-likeness (QED) is 0.200. The van der Waals surface area contributed by atoms with Gasteiger partial charge >= 0.3 is 5.97 Å². The lowest BCUT2D eigenvalue weighted by Gasteiger charge is -2.17. The topological polar surface area (TPSA) is 139 Å². The molecule has 39 heavy (non-hydrogen) atoms. The Morgan fingerprint density at radius 1 is 1.23 bits per heavy atom. The fraction of sp³-hybridized carbons (Fsp3) is 0.464. The van der Waals surface area contributed by atoms with E-state index >= 15 is 0 Å². The number of methoxy groups -OCH3 is 1. The Bertz CT molecular complexity index is 1400. The van der Waals surface area contributed by atoms with Crippen LogP contribution in [-0.2, 0) is 27.0 Å². The molecule has 10 nitrogen and oxygen atoms in total. The fourth-order valence-electron chi connectivity index (χ4n) is 4.76. The van der Waals surface area contributed by atoms with Gasteiger partial charge in [0.2, 0.25) is 16.6 Å². The summed E-state index contributed by atoms with van der Waals surface area (Å²) in [5.74, 6) is -1.14. The summed E-state index contributed by atoms with van der Waals surface area (Å²) in [4.78, 5) is 29.0. The zero-order valence-corrected chi connectivity index (χ0v) is 23.3. The Morgan fingerprint density at radius 2 is 1.95 bits per heavy atom. The predicted octanol–water partition coefficient (Wildman–Crippen LogP) is 3.89. The molecule has 210 valence electrons. The van der Waals surface area contributed by atoms with Crippen LogP contribution in [-0.4, -0.2) is 62.0 Å². The first-order valence-electron chi connectivity index (χ1n) is 13.1. The molecule has 0 radical (unpaired) electrons. The lowest BCUT2D eigenvalue weighted by Crippen LogP contribution is -2.25. The normalized spacial score (nSPS) is 14.3. The number of carboxylic acid groups (broad SMARTS) is 1. The number of amides is 1. The minimum atomic E-state index is -2.89. The second-order valence-electron chi connectivity index (χ2n) is 10.0.